The van der Waals surface area contributed by atoms with Gasteiger partial charge in [0.05, 0.1) is 24.8 Å². The minimum Gasteiger partial charge on any atom is -0.382 e. The van der Waals surface area contributed by atoms with Crippen LogP contribution in [0.25, 0.3) is 0 Å². The van der Waals surface area contributed by atoms with E-state index in [2.05, 4.69) is 17.2 Å². The van der Waals surface area contributed by atoms with Crippen molar-refractivity contribution in [2.24, 2.45) is 5.73 Å². The molecule has 21 heavy (non-hydrogen) atoms. The van der Waals surface area contributed by atoms with Crippen LogP contribution >= 0.6 is 0 Å². The summed E-state index contributed by atoms with van der Waals surface area (Å²) in [6.07, 6.45) is -0.178. The second kappa shape index (κ2) is 9.14. The maximum atomic E-state index is 12.3. The summed E-state index contributed by atoms with van der Waals surface area (Å²) in [6, 6.07) is 5.52. The molecule has 3 N–H and O–H groups in total. The molecule has 1 unspecified atom stereocenters. The molecule has 5 heteroatoms. The van der Waals surface area contributed by atoms with Crippen molar-refractivity contribution in [2.45, 2.75) is 13.0 Å². The molecule has 0 fully saturated rings. The van der Waals surface area contributed by atoms with Gasteiger partial charge in [-0.05, 0) is 24.6 Å². The highest BCUT2D eigenvalue weighted by Crippen LogP contribution is 2.11. The zero-order chi connectivity index (χ0) is 15.7. The lowest BCUT2D eigenvalue weighted by atomic mass is 10.0. The smallest absolute Gasteiger partial charge is 0.252 e. The SMILES string of the molecule is COCC(CNC(=O)c1ccc(C)cc1C#CCN)OC. The molecule has 0 aromatic heterocycles. The van der Waals surface area contributed by atoms with Crippen LogP contribution in [0, 0.1) is 18.8 Å². The predicted molar refractivity (Wildman–Crippen MR) is 82.1 cm³/mol. The van der Waals surface area contributed by atoms with Crippen molar-refractivity contribution in [3.63, 3.8) is 0 Å². The molecule has 0 aliphatic carbocycles. The highest BCUT2D eigenvalue weighted by molar-refractivity contribution is 5.96. The van der Waals surface area contributed by atoms with E-state index in [1.165, 1.54) is 0 Å². The van der Waals surface area contributed by atoms with Crippen molar-refractivity contribution < 1.29 is 14.3 Å². The van der Waals surface area contributed by atoms with Crippen LogP contribution in [-0.2, 0) is 9.47 Å². The minimum atomic E-state index is -0.186. The van der Waals surface area contributed by atoms with E-state index in [0.717, 1.165) is 5.56 Å². The van der Waals surface area contributed by atoms with Gasteiger partial charge in [0, 0.05) is 26.3 Å². The number of ether oxygens (including phenoxy) is 2. The van der Waals surface area contributed by atoms with Gasteiger partial charge in [-0.15, -0.1) is 0 Å². The standard InChI is InChI=1S/C16H22N2O3/c1-12-6-7-15(13(9-12)5-4-8-17)16(19)18-10-14(21-3)11-20-2/h6-7,9,14H,8,10-11,17H2,1-3H3,(H,18,19). The van der Waals surface area contributed by atoms with Gasteiger partial charge in [0.25, 0.3) is 5.91 Å². The van der Waals surface area contributed by atoms with E-state index in [4.69, 9.17) is 15.2 Å². The first-order valence-corrected chi connectivity index (χ1v) is 6.71. The third kappa shape index (κ3) is 5.56. The summed E-state index contributed by atoms with van der Waals surface area (Å²) in [6.45, 7) is 3.01. The lowest BCUT2D eigenvalue weighted by Crippen LogP contribution is -2.35. The fourth-order valence-electron chi connectivity index (χ4n) is 1.80. The summed E-state index contributed by atoms with van der Waals surface area (Å²) in [5.74, 6) is 5.52. The van der Waals surface area contributed by atoms with Crippen molar-refractivity contribution >= 4 is 5.91 Å². The number of amides is 1. The number of nitrogens with two attached hydrogens (primary N) is 1. The fourth-order valence-corrected chi connectivity index (χ4v) is 1.80. The van der Waals surface area contributed by atoms with Gasteiger partial charge in [-0.1, -0.05) is 17.9 Å². The number of rotatable bonds is 6. The number of carbonyl (C=O) groups excluding carboxylic acids is 1. The molecule has 5 nitrogen and oxygen atoms in total. The average Bonchev–Trinajstić information content (AvgIpc) is 2.49. The van der Waals surface area contributed by atoms with Crippen LogP contribution in [0.2, 0.25) is 0 Å². The summed E-state index contributed by atoms with van der Waals surface area (Å²) in [7, 11) is 3.17. The molecular weight excluding hydrogens is 268 g/mol. The first-order chi connectivity index (χ1) is 10.1. The summed E-state index contributed by atoms with van der Waals surface area (Å²) in [5, 5.41) is 2.83. The Morgan fingerprint density at radius 1 is 1.43 bits per heavy atom. The Labute approximate surface area is 125 Å². The van der Waals surface area contributed by atoms with Gasteiger partial charge in [-0.25, -0.2) is 0 Å². The number of methoxy groups -OCH3 is 2. The number of aryl methyl sites for hydroxylation is 1. The molecule has 1 aromatic rings. The van der Waals surface area contributed by atoms with Gasteiger partial charge in [-0.3, -0.25) is 4.79 Å². The zero-order valence-corrected chi connectivity index (χ0v) is 12.7. The fraction of sp³-hybridized carbons (Fsp3) is 0.438. The van der Waals surface area contributed by atoms with Gasteiger partial charge >= 0.3 is 0 Å². The van der Waals surface area contributed by atoms with Crippen molar-refractivity contribution in [2.75, 3.05) is 33.9 Å². The normalized spacial score (nSPS) is 11.4. The minimum absolute atomic E-state index is 0.178. The van der Waals surface area contributed by atoms with E-state index >= 15 is 0 Å². The average molecular weight is 290 g/mol. The predicted octanol–water partition coefficient (Wildman–Crippen LogP) is 0.696. The third-order valence-corrected chi connectivity index (χ3v) is 2.92. The van der Waals surface area contributed by atoms with Crippen LogP contribution in [0.15, 0.2) is 18.2 Å². The van der Waals surface area contributed by atoms with E-state index < -0.39 is 0 Å². The topological polar surface area (TPSA) is 73.6 Å². The Balaban J connectivity index is 2.82. The monoisotopic (exact) mass is 290 g/mol. The largest absolute Gasteiger partial charge is 0.382 e. The molecule has 0 saturated carbocycles. The molecular formula is C16H22N2O3. The Morgan fingerprint density at radius 2 is 2.19 bits per heavy atom. The Bertz CT molecular complexity index is 532. The molecule has 0 saturated heterocycles. The molecule has 0 bridgehead atoms. The molecule has 114 valence electrons. The number of carbonyl (C=O) groups is 1. The van der Waals surface area contributed by atoms with E-state index in [1.54, 1.807) is 20.3 Å². The van der Waals surface area contributed by atoms with Crippen LogP contribution in [0.1, 0.15) is 21.5 Å². The van der Waals surface area contributed by atoms with Gasteiger partial charge < -0.3 is 20.5 Å². The molecule has 0 spiro atoms. The summed E-state index contributed by atoms with van der Waals surface area (Å²) in [4.78, 5) is 12.3. The lowest BCUT2D eigenvalue weighted by molar-refractivity contribution is 0.0285. The zero-order valence-electron chi connectivity index (χ0n) is 12.7. The number of hydrogen-bond acceptors (Lipinski definition) is 4. The lowest BCUT2D eigenvalue weighted by Gasteiger charge is -2.15. The number of benzene rings is 1. The van der Waals surface area contributed by atoms with Crippen LogP contribution in [0.4, 0.5) is 0 Å². The van der Waals surface area contributed by atoms with Crippen molar-refractivity contribution in [1.29, 1.82) is 0 Å². The first kappa shape index (κ1) is 17.2. The maximum Gasteiger partial charge on any atom is 0.252 e. The molecule has 1 atom stereocenters. The second-order valence-corrected chi connectivity index (χ2v) is 4.58. The Kier molecular flexibility index (Phi) is 7.48. The Morgan fingerprint density at radius 3 is 2.81 bits per heavy atom. The van der Waals surface area contributed by atoms with Gasteiger partial charge in [0.2, 0.25) is 0 Å². The molecule has 0 heterocycles. The molecule has 1 aromatic carbocycles. The van der Waals surface area contributed by atoms with Crippen molar-refractivity contribution in [1.82, 2.24) is 5.32 Å². The van der Waals surface area contributed by atoms with E-state index in [1.807, 2.05) is 19.1 Å². The summed E-state index contributed by atoms with van der Waals surface area (Å²) < 4.78 is 10.2. The van der Waals surface area contributed by atoms with Gasteiger partial charge in [-0.2, -0.15) is 0 Å². The third-order valence-electron chi connectivity index (χ3n) is 2.92. The number of nitrogens with one attached hydrogen (secondary N) is 1. The summed E-state index contributed by atoms with van der Waals surface area (Å²) >= 11 is 0. The summed E-state index contributed by atoms with van der Waals surface area (Å²) in [5.41, 5.74) is 7.64. The van der Waals surface area contributed by atoms with Gasteiger partial charge in [0.15, 0.2) is 0 Å². The Hall–Kier alpha value is -1.87. The maximum absolute atomic E-state index is 12.3. The number of hydrogen-bond donors (Lipinski definition) is 2. The van der Waals surface area contributed by atoms with E-state index in [-0.39, 0.29) is 18.6 Å². The quantitative estimate of drug-likeness (QED) is 0.756. The second-order valence-electron chi connectivity index (χ2n) is 4.58. The van der Waals surface area contributed by atoms with Crippen LogP contribution < -0.4 is 11.1 Å². The molecule has 1 amide bonds. The molecule has 1 rings (SSSR count). The first-order valence-electron chi connectivity index (χ1n) is 6.71. The molecule has 0 aliphatic heterocycles. The van der Waals surface area contributed by atoms with Crippen molar-refractivity contribution in [3.8, 4) is 11.8 Å². The van der Waals surface area contributed by atoms with Crippen molar-refractivity contribution in [3.05, 3.63) is 34.9 Å². The highest BCUT2D eigenvalue weighted by Gasteiger charge is 2.13. The van der Waals surface area contributed by atoms with E-state index in [9.17, 15) is 4.79 Å². The van der Waals surface area contributed by atoms with Gasteiger partial charge in [0.1, 0.15) is 0 Å². The van der Waals surface area contributed by atoms with E-state index in [0.29, 0.717) is 24.3 Å². The van der Waals surface area contributed by atoms with Crippen LogP contribution in [0.3, 0.4) is 0 Å². The van der Waals surface area contributed by atoms with Crippen LogP contribution in [-0.4, -0.2) is 45.9 Å². The molecule has 0 radical (unpaired) electrons. The van der Waals surface area contributed by atoms with Crippen LogP contribution in [0.5, 0.6) is 0 Å². The highest BCUT2D eigenvalue weighted by atomic mass is 16.5. The molecule has 0 aliphatic rings.